The highest BCUT2D eigenvalue weighted by molar-refractivity contribution is 5.73. The Hall–Kier alpha value is -1.77. The van der Waals surface area contributed by atoms with Gasteiger partial charge in [0.25, 0.3) is 0 Å². The average molecular weight is 244 g/mol. The molecule has 0 radical (unpaired) electrons. The molecule has 1 aromatic rings. The Morgan fingerprint density at radius 3 is 2.56 bits per heavy atom. The molecule has 2 rings (SSSR count). The highest BCUT2D eigenvalue weighted by Crippen LogP contribution is 2.20. The number of benzene rings is 1. The Bertz CT molecular complexity index is 417. The van der Waals surface area contributed by atoms with E-state index in [-0.39, 0.29) is 5.91 Å². The molecule has 1 fully saturated rings. The van der Waals surface area contributed by atoms with Gasteiger partial charge in [0.05, 0.1) is 0 Å². The number of nitrogens with zero attached hydrogens (tertiary/aromatic N) is 1. The summed E-state index contributed by atoms with van der Waals surface area (Å²) in [6.45, 7) is 4.47. The standard InChI is InChI=1S/C15H20N2O/c1-13(18)16-10-4-5-14-6-8-15(9-7-14)17-11-2-3-12-17/h4-9H,2-3,10-12H2,1H3,(H,16,18). The van der Waals surface area contributed by atoms with Crippen LogP contribution in [-0.2, 0) is 4.79 Å². The van der Waals surface area contributed by atoms with Crippen molar-refractivity contribution < 1.29 is 4.79 Å². The van der Waals surface area contributed by atoms with Gasteiger partial charge in [-0.05, 0) is 30.5 Å². The summed E-state index contributed by atoms with van der Waals surface area (Å²) in [5.41, 5.74) is 2.48. The van der Waals surface area contributed by atoms with Crippen LogP contribution < -0.4 is 10.2 Å². The van der Waals surface area contributed by atoms with E-state index in [1.165, 1.54) is 44.1 Å². The molecule has 1 heterocycles. The van der Waals surface area contributed by atoms with Crippen molar-refractivity contribution in [2.45, 2.75) is 19.8 Å². The molecule has 1 amide bonds. The van der Waals surface area contributed by atoms with E-state index >= 15 is 0 Å². The van der Waals surface area contributed by atoms with E-state index in [1.807, 2.05) is 12.2 Å². The monoisotopic (exact) mass is 244 g/mol. The molecule has 3 nitrogen and oxygen atoms in total. The topological polar surface area (TPSA) is 32.3 Å². The lowest BCUT2D eigenvalue weighted by Crippen LogP contribution is -2.19. The Morgan fingerprint density at radius 1 is 1.28 bits per heavy atom. The number of carbonyl (C=O) groups excluding carboxylic acids is 1. The zero-order valence-electron chi connectivity index (χ0n) is 10.9. The molecule has 0 saturated carbocycles. The predicted octanol–water partition coefficient (Wildman–Crippen LogP) is 2.44. The van der Waals surface area contributed by atoms with E-state index in [2.05, 4.69) is 34.5 Å². The first-order valence-corrected chi connectivity index (χ1v) is 6.52. The van der Waals surface area contributed by atoms with E-state index in [0.29, 0.717) is 6.54 Å². The van der Waals surface area contributed by atoms with Crippen LogP contribution in [0.25, 0.3) is 6.08 Å². The third kappa shape index (κ3) is 3.62. The molecular formula is C15H20N2O. The Balaban J connectivity index is 1.88. The molecule has 0 bridgehead atoms. The lowest BCUT2D eigenvalue weighted by Gasteiger charge is -2.17. The van der Waals surface area contributed by atoms with Crippen molar-refractivity contribution in [3.63, 3.8) is 0 Å². The molecule has 1 aliphatic heterocycles. The van der Waals surface area contributed by atoms with Crippen LogP contribution in [0, 0.1) is 0 Å². The SMILES string of the molecule is CC(=O)NCC=Cc1ccc(N2CCCC2)cc1. The maximum atomic E-state index is 10.7. The van der Waals surface area contributed by atoms with Crippen LogP contribution in [0.3, 0.4) is 0 Å². The minimum absolute atomic E-state index is 0.00373. The van der Waals surface area contributed by atoms with E-state index in [9.17, 15) is 4.79 Å². The van der Waals surface area contributed by atoms with Gasteiger partial charge in [-0.1, -0.05) is 24.3 Å². The van der Waals surface area contributed by atoms with Crippen molar-refractivity contribution in [1.29, 1.82) is 0 Å². The largest absolute Gasteiger partial charge is 0.372 e. The molecule has 0 spiro atoms. The molecule has 96 valence electrons. The maximum absolute atomic E-state index is 10.7. The normalized spacial score (nSPS) is 15.3. The molecule has 3 heteroatoms. The minimum atomic E-state index is 0.00373. The number of anilines is 1. The van der Waals surface area contributed by atoms with Gasteiger partial charge in [0.2, 0.25) is 5.91 Å². The average Bonchev–Trinajstić information content (AvgIpc) is 2.89. The van der Waals surface area contributed by atoms with Crippen LogP contribution in [0.2, 0.25) is 0 Å². The lowest BCUT2D eigenvalue weighted by atomic mass is 10.2. The Morgan fingerprint density at radius 2 is 1.94 bits per heavy atom. The third-order valence-corrected chi connectivity index (χ3v) is 3.14. The van der Waals surface area contributed by atoms with E-state index in [0.717, 1.165) is 0 Å². The fraction of sp³-hybridized carbons (Fsp3) is 0.400. The quantitative estimate of drug-likeness (QED) is 0.882. The lowest BCUT2D eigenvalue weighted by molar-refractivity contribution is -0.118. The Labute approximate surface area is 108 Å². The van der Waals surface area contributed by atoms with Crippen molar-refractivity contribution in [2.24, 2.45) is 0 Å². The first-order chi connectivity index (χ1) is 8.75. The van der Waals surface area contributed by atoms with E-state index < -0.39 is 0 Å². The smallest absolute Gasteiger partial charge is 0.217 e. The van der Waals surface area contributed by atoms with Gasteiger partial charge in [-0.2, -0.15) is 0 Å². The summed E-state index contributed by atoms with van der Waals surface area (Å²) in [6.07, 6.45) is 6.60. The van der Waals surface area contributed by atoms with Crippen molar-refractivity contribution in [1.82, 2.24) is 5.32 Å². The van der Waals surface area contributed by atoms with Gasteiger partial charge in [-0.25, -0.2) is 0 Å². The summed E-state index contributed by atoms with van der Waals surface area (Å²) in [5, 5.41) is 2.74. The summed E-state index contributed by atoms with van der Waals surface area (Å²) in [5.74, 6) is 0.00373. The zero-order chi connectivity index (χ0) is 12.8. The van der Waals surface area contributed by atoms with Crippen LogP contribution in [0.1, 0.15) is 25.3 Å². The molecule has 18 heavy (non-hydrogen) atoms. The highest BCUT2D eigenvalue weighted by Gasteiger charge is 2.11. The summed E-state index contributed by atoms with van der Waals surface area (Å²) in [7, 11) is 0. The van der Waals surface area contributed by atoms with Gasteiger partial charge in [0, 0.05) is 32.2 Å². The molecular weight excluding hydrogens is 224 g/mol. The number of rotatable bonds is 4. The number of carbonyl (C=O) groups is 1. The van der Waals surface area contributed by atoms with E-state index in [4.69, 9.17) is 0 Å². The second kappa shape index (κ2) is 6.24. The number of hydrogen-bond acceptors (Lipinski definition) is 2. The van der Waals surface area contributed by atoms with Gasteiger partial charge >= 0.3 is 0 Å². The molecule has 1 aliphatic rings. The van der Waals surface area contributed by atoms with Gasteiger partial charge in [0.1, 0.15) is 0 Å². The van der Waals surface area contributed by atoms with Crippen LogP contribution >= 0.6 is 0 Å². The van der Waals surface area contributed by atoms with Crippen LogP contribution in [0.15, 0.2) is 30.3 Å². The zero-order valence-corrected chi connectivity index (χ0v) is 10.9. The van der Waals surface area contributed by atoms with E-state index in [1.54, 1.807) is 0 Å². The van der Waals surface area contributed by atoms with Crippen molar-refractivity contribution in [2.75, 3.05) is 24.5 Å². The van der Waals surface area contributed by atoms with Gasteiger partial charge in [-0.3, -0.25) is 4.79 Å². The number of hydrogen-bond donors (Lipinski definition) is 1. The molecule has 0 aromatic heterocycles. The Kier molecular flexibility index (Phi) is 4.40. The molecule has 1 aromatic carbocycles. The first kappa shape index (κ1) is 12.7. The minimum Gasteiger partial charge on any atom is -0.372 e. The summed E-state index contributed by atoms with van der Waals surface area (Å²) in [4.78, 5) is 13.1. The molecule has 1 saturated heterocycles. The first-order valence-electron chi connectivity index (χ1n) is 6.52. The second-order valence-electron chi connectivity index (χ2n) is 4.63. The van der Waals surface area contributed by atoms with Gasteiger partial charge < -0.3 is 10.2 Å². The number of nitrogens with one attached hydrogen (secondary N) is 1. The van der Waals surface area contributed by atoms with Crippen molar-refractivity contribution in [3.8, 4) is 0 Å². The van der Waals surface area contributed by atoms with Crippen molar-refractivity contribution >= 4 is 17.7 Å². The predicted molar refractivity (Wildman–Crippen MR) is 75.6 cm³/mol. The maximum Gasteiger partial charge on any atom is 0.217 e. The fourth-order valence-electron chi connectivity index (χ4n) is 2.17. The number of amides is 1. The summed E-state index contributed by atoms with van der Waals surface area (Å²) < 4.78 is 0. The molecule has 1 N–H and O–H groups in total. The van der Waals surface area contributed by atoms with Crippen LogP contribution in [-0.4, -0.2) is 25.5 Å². The van der Waals surface area contributed by atoms with Gasteiger partial charge in [0.15, 0.2) is 0 Å². The third-order valence-electron chi connectivity index (χ3n) is 3.14. The second-order valence-corrected chi connectivity index (χ2v) is 4.63. The van der Waals surface area contributed by atoms with Crippen molar-refractivity contribution in [3.05, 3.63) is 35.9 Å². The van der Waals surface area contributed by atoms with Crippen LogP contribution in [0.5, 0.6) is 0 Å². The molecule has 0 atom stereocenters. The summed E-state index contributed by atoms with van der Waals surface area (Å²) >= 11 is 0. The molecule has 0 unspecified atom stereocenters. The fourth-order valence-corrected chi connectivity index (χ4v) is 2.17. The molecule has 0 aliphatic carbocycles. The highest BCUT2D eigenvalue weighted by atomic mass is 16.1. The summed E-state index contributed by atoms with van der Waals surface area (Å²) in [6, 6.07) is 8.59. The van der Waals surface area contributed by atoms with Gasteiger partial charge in [-0.15, -0.1) is 0 Å². The van der Waals surface area contributed by atoms with Crippen LogP contribution in [0.4, 0.5) is 5.69 Å².